The average molecular weight is 460 g/mol. The van der Waals surface area contributed by atoms with Gasteiger partial charge in [0.25, 0.3) is 11.5 Å². The van der Waals surface area contributed by atoms with Crippen LogP contribution in [-0.4, -0.2) is 35.1 Å². The molecule has 0 saturated carbocycles. The van der Waals surface area contributed by atoms with Gasteiger partial charge in [-0.05, 0) is 30.7 Å². The largest absolute Gasteiger partial charge is 0.469 e. The lowest BCUT2D eigenvalue weighted by Crippen LogP contribution is -2.25. The third kappa shape index (κ3) is 4.85. The van der Waals surface area contributed by atoms with Crippen LogP contribution in [0.2, 0.25) is 0 Å². The molecular weight excluding hydrogens is 434 g/mol. The fourth-order valence-corrected chi connectivity index (χ4v) is 3.70. The number of rotatable bonds is 8. The molecule has 4 aromatic rings. The van der Waals surface area contributed by atoms with Crippen LogP contribution in [0.25, 0.3) is 22.0 Å². The van der Waals surface area contributed by atoms with E-state index in [4.69, 9.17) is 4.74 Å². The summed E-state index contributed by atoms with van der Waals surface area (Å²) in [6, 6.07) is 18.7. The number of aromatic nitrogens is 2. The van der Waals surface area contributed by atoms with E-state index in [-0.39, 0.29) is 29.6 Å². The molecule has 0 aliphatic heterocycles. The third-order valence-electron chi connectivity index (χ3n) is 5.43. The summed E-state index contributed by atoms with van der Waals surface area (Å²) in [5, 5.41) is 3.38. The van der Waals surface area contributed by atoms with Gasteiger partial charge in [-0.3, -0.25) is 14.4 Å². The fraction of sp³-hybridized carbons (Fsp3) is 0.192. The Morgan fingerprint density at radius 3 is 2.53 bits per heavy atom. The molecule has 0 aliphatic carbocycles. The molecule has 1 amide bonds. The van der Waals surface area contributed by atoms with Gasteiger partial charge >= 0.3 is 5.97 Å². The SMILES string of the molecule is COC(=O)CCCNC(=O)c1cc2c(-c3ccccc3Oc3ccccc3)cn(C)c(=O)c2[nH]1. The van der Waals surface area contributed by atoms with E-state index < -0.39 is 0 Å². The van der Waals surface area contributed by atoms with Crippen LogP contribution in [0.5, 0.6) is 11.5 Å². The first-order chi connectivity index (χ1) is 16.5. The molecule has 0 bridgehead atoms. The van der Waals surface area contributed by atoms with Gasteiger partial charge in [0.2, 0.25) is 0 Å². The van der Waals surface area contributed by atoms with Gasteiger partial charge in [-0.1, -0.05) is 36.4 Å². The lowest BCUT2D eigenvalue weighted by molar-refractivity contribution is -0.140. The van der Waals surface area contributed by atoms with Gasteiger partial charge in [0.05, 0.1) is 7.11 Å². The Kier molecular flexibility index (Phi) is 6.77. The summed E-state index contributed by atoms with van der Waals surface area (Å²) in [7, 11) is 2.99. The number of ether oxygens (including phenoxy) is 2. The molecule has 2 N–H and O–H groups in total. The number of carbonyl (C=O) groups is 2. The number of fused-ring (bicyclic) bond motifs is 1. The minimum absolute atomic E-state index is 0.215. The number of nitrogens with one attached hydrogen (secondary N) is 2. The summed E-state index contributed by atoms with van der Waals surface area (Å²) >= 11 is 0. The van der Waals surface area contributed by atoms with E-state index in [0.29, 0.717) is 35.4 Å². The number of benzene rings is 2. The minimum atomic E-state index is -0.358. The van der Waals surface area contributed by atoms with Crippen LogP contribution in [-0.2, 0) is 16.6 Å². The molecule has 0 spiro atoms. The topological polar surface area (TPSA) is 102 Å². The number of aromatic amines is 1. The van der Waals surface area contributed by atoms with E-state index in [1.807, 2.05) is 54.6 Å². The summed E-state index contributed by atoms with van der Waals surface area (Å²) in [5.74, 6) is 0.632. The summed E-state index contributed by atoms with van der Waals surface area (Å²) in [5.41, 5.74) is 1.89. The molecule has 8 heteroatoms. The number of methoxy groups -OCH3 is 1. The normalized spacial score (nSPS) is 10.8. The number of pyridine rings is 1. The van der Waals surface area contributed by atoms with Crippen molar-refractivity contribution in [1.29, 1.82) is 0 Å². The summed E-state index contributed by atoms with van der Waals surface area (Å²) in [6.45, 7) is 0.307. The second-order valence-corrected chi connectivity index (χ2v) is 7.78. The molecule has 2 heterocycles. The van der Waals surface area contributed by atoms with E-state index in [1.54, 1.807) is 19.3 Å². The highest BCUT2D eigenvalue weighted by Gasteiger charge is 2.18. The minimum Gasteiger partial charge on any atom is -0.469 e. The quantitative estimate of drug-likeness (QED) is 0.306. The van der Waals surface area contributed by atoms with Gasteiger partial charge in [-0.2, -0.15) is 0 Å². The maximum absolute atomic E-state index is 12.8. The summed E-state index contributed by atoms with van der Waals surface area (Å²) in [4.78, 5) is 39.7. The number of nitrogens with zero attached hydrogens (tertiary/aromatic N) is 1. The number of esters is 1. The van der Waals surface area contributed by atoms with Crippen LogP contribution in [0.15, 0.2) is 71.7 Å². The van der Waals surface area contributed by atoms with Crippen molar-refractivity contribution >= 4 is 22.8 Å². The zero-order valence-electron chi connectivity index (χ0n) is 19.0. The van der Waals surface area contributed by atoms with Gasteiger partial charge in [0, 0.05) is 42.7 Å². The smallest absolute Gasteiger partial charge is 0.305 e. The van der Waals surface area contributed by atoms with Crippen molar-refractivity contribution < 1.29 is 19.1 Å². The second kappa shape index (κ2) is 10.1. The molecule has 2 aromatic heterocycles. The van der Waals surface area contributed by atoms with Crippen molar-refractivity contribution in [3.8, 4) is 22.6 Å². The first kappa shape index (κ1) is 22.8. The maximum Gasteiger partial charge on any atom is 0.305 e. The van der Waals surface area contributed by atoms with E-state index >= 15 is 0 Å². The average Bonchev–Trinajstić information content (AvgIpc) is 3.31. The van der Waals surface area contributed by atoms with E-state index in [2.05, 4.69) is 15.0 Å². The summed E-state index contributed by atoms with van der Waals surface area (Å²) in [6.07, 6.45) is 2.41. The maximum atomic E-state index is 12.8. The Bertz CT molecular complexity index is 1390. The van der Waals surface area contributed by atoms with E-state index in [0.717, 1.165) is 11.1 Å². The van der Waals surface area contributed by atoms with Crippen LogP contribution >= 0.6 is 0 Å². The van der Waals surface area contributed by atoms with Crippen molar-refractivity contribution in [2.24, 2.45) is 7.05 Å². The predicted molar refractivity (Wildman–Crippen MR) is 129 cm³/mol. The van der Waals surface area contributed by atoms with Gasteiger partial charge in [0.15, 0.2) is 0 Å². The van der Waals surface area contributed by atoms with Crippen LogP contribution in [0.1, 0.15) is 23.3 Å². The van der Waals surface area contributed by atoms with Crippen LogP contribution in [0, 0.1) is 0 Å². The lowest BCUT2D eigenvalue weighted by atomic mass is 10.0. The Labute approximate surface area is 196 Å². The first-order valence-electron chi connectivity index (χ1n) is 10.9. The van der Waals surface area contributed by atoms with Crippen LogP contribution < -0.4 is 15.6 Å². The first-order valence-corrected chi connectivity index (χ1v) is 10.9. The Morgan fingerprint density at radius 1 is 1.03 bits per heavy atom. The zero-order chi connectivity index (χ0) is 24.1. The van der Waals surface area contributed by atoms with Crippen molar-refractivity contribution in [3.05, 3.63) is 82.9 Å². The van der Waals surface area contributed by atoms with E-state index in [9.17, 15) is 14.4 Å². The number of hydrogen-bond donors (Lipinski definition) is 2. The number of para-hydroxylation sites is 2. The highest BCUT2D eigenvalue weighted by Crippen LogP contribution is 2.36. The van der Waals surface area contributed by atoms with Gasteiger partial charge < -0.3 is 24.3 Å². The molecular formula is C26H25N3O5. The molecule has 0 saturated heterocycles. The molecule has 34 heavy (non-hydrogen) atoms. The van der Waals surface area contributed by atoms with Gasteiger partial charge in [-0.25, -0.2) is 0 Å². The number of aryl methyl sites for hydroxylation is 1. The predicted octanol–water partition coefficient (Wildman–Crippen LogP) is 4.01. The number of H-pyrrole nitrogens is 1. The monoisotopic (exact) mass is 459 g/mol. The Balaban J connectivity index is 1.68. The fourth-order valence-electron chi connectivity index (χ4n) is 3.70. The highest BCUT2D eigenvalue weighted by atomic mass is 16.5. The molecule has 0 aliphatic rings. The molecule has 0 unspecified atom stereocenters. The van der Waals surface area contributed by atoms with E-state index in [1.165, 1.54) is 11.7 Å². The van der Waals surface area contributed by atoms with Gasteiger partial charge in [-0.15, -0.1) is 0 Å². The van der Waals surface area contributed by atoms with Crippen molar-refractivity contribution in [3.63, 3.8) is 0 Å². The van der Waals surface area contributed by atoms with Crippen molar-refractivity contribution in [2.75, 3.05) is 13.7 Å². The third-order valence-corrected chi connectivity index (χ3v) is 5.43. The number of amides is 1. The molecule has 2 aromatic carbocycles. The number of hydrogen-bond acceptors (Lipinski definition) is 5. The second-order valence-electron chi connectivity index (χ2n) is 7.78. The van der Waals surface area contributed by atoms with Crippen molar-refractivity contribution in [1.82, 2.24) is 14.9 Å². The molecule has 8 nitrogen and oxygen atoms in total. The molecule has 0 fully saturated rings. The van der Waals surface area contributed by atoms with Crippen LogP contribution in [0.4, 0.5) is 0 Å². The Hall–Kier alpha value is -4.33. The zero-order valence-corrected chi connectivity index (χ0v) is 19.0. The standard InChI is InChI=1S/C26H25N3O5/c1-29-16-20(18-11-6-7-12-22(18)34-17-9-4-3-5-10-17)19-15-21(28-24(19)26(29)32)25(31)27-14-8-13-23(30)33-2/h3-7,9-12,15-16,28H,8,13-14H2,1-2H3,(H,27,31). The highest BCUT2D eigenvalue weighted by molar-refractivity contribution is 6.03. The molecule has 4 rings (SSSR count). The molecule has 0 atom stereocenters. The van der Waals surface area contributed by atoms with Crippen LogP contribution in [0.3, 0.4) is 0 Å². The molecule has 174 valence electrons. The lowest BCUT2D eigenvalue weighted by Gasteiger charge is -2.13. The van der Waals surface area contributed by atoms with Crippen molar-refractivity contribution in [2.45, 2.75) is 12.8 Å². The van der Waals surface area contributed by atoms with Gasteiger partial charge in [0.1, 0.15) is 22.7 Å². The summed E-state index contributed by atoms with van der Waals surface area (Å²) < 4.78 is 12.2. The molecule has 0 radical (unpaired) electrons. The number of carbonyl (C=O) groups excluding carboxylic acids is 2. The Morgan fingerprint density at radius 2 is 1.76 bits per heavy atom.